The molecule has 1 amide bonds. The van der Waals surface area contributed by atoms with E-state index in [4.69, 9.17) is 0 Å². The van der Waals surface area contributed by atoms with Crippen molar-refractivity contribution in [1.82, 2.24) is 0 Å². The Morgan fingerprint density at radius 1 is 1.00 bits per heavy atom. The molecule has 28 heavy (non-hydrogen) atoms. The number of rotatable bonds is 7. The molecule has 152 valence electrons. The van der Waals surface area contributed by atoms with Gasteiger partial charge in [0.1, 0.15) is 11.2 Å². The van der Waals surface area contributed by atoms with Crippen molar-refractivity contribution in [2.75, 3.05) is 5.32 Å². The van der Waals surface area contributed by atoms with E-state index in [2.05, 4.69) is 5.32 Å². The van der Waals surface area contributed by atoms with Crippen molar-refractivity contribution in [1.29, 1.82) is 0 Å². The van der Waals surface area contributed by atoms with Gasteiger partial charge < -0.3 is 5.32 Å². The third kappa shape index (κ3) is 5.12. The number of anilines is 1. The Bertz CT molecular complexity index is 802. The Kier molecular flexibility index (Phi) is 6.52. The molecule has 0 spiro atoms. The second-order valence-corrected chi connectivity index (χ2v) is 7.90. The largest absolute Gasteiger partial charge is 0.403 e. The number of hydrogen-bond donors (Lipinski definition) is 1. The number of amides is 1. The number of nitrogens with one attached hydrogen (secondary N) is 1. The van der Waals surface area contributed by atoms with Gasteiger partial charge >= 0.3 is 6.18 Å². The number of para-hydroxylation sites is 1. The number of benzene rings is 2. The van der Waals surface area contributed by atoms with Crippen LogP contribution in [0.25, 0.3) is 0 Å². The number of carbonyl (C=O) groups excluding carboxylic acids is 1. The van der Waals surface area contributed by atoms with Gasteiger partial charge in [-0.1, -0.05) is 51.1 Å². The van der Waals surface area contributed by atoms with Gasteiger partial charge in [0, 0.05) is 5.69 Å². The summed E-state index contributed by atoms with van der Waals surface area (Å²) in [5, 5.41) is 2.42. The molecular weight excluding hydrogens is 370 g/mol. The second kappa shape index (κ2) is 8.33. The Morgan fingerprint density at radius 3 is 2.18 bits per heavy atom. The molecule has 1 unspecified atom stereocenters. The molecule has 0 heterocycles. The van der Waals surface area contributed by atoms with Crippen LogP contribution in [0.1, 0.15) is 39.2 Å². The molecule has 0 aliphatic heterocycles. The summed E-state index contributed by atoms with van der Waals surface area (Å²) in [6.07, 6.45) is -5.29. The molecule has 0 bridgehead atoms. The zero-order chi connectivity index (χ0) is 21.0. The van der Waals surface area contributed by atoms with Crippen molar-refractivity contribution < 1.29 is 22.4 Å². The number of alkyl halides is 3. The van der Waals surface area contributed by atoms with Gasteiger partial charge in [0.2, 0.25) is 5.91 Å². The lowest BCUT2D eigenvalue weighted by Crippen LogP contribution is -2.50. The van der Waals surface area contributed by atoms with Gasteiger partial charge in [-0.2, -0.15) is 13.2 Å². The van der Waals surface area contributed by atoms with Crippen LogP contribution in [0.4, 0.5) is 23.2 Å². The monoisotopic (exact) mass is 395 g/mol. The van der Waals surface area contributed by atoms with E-state index in [1.165, 1.54) is 25.1 Å². The summed E-state index contributed by atoms with van der Waals surface area (Å²) in [7, 11) is 0. The van der Waals surface area contributed by atoms with Crippen molar-refractivity contribution in [2.45, 2.75) is 46.2 Å². The Labute approximate surface area is 163 Å². The van der Waals surface area contributed by atoms with Crippen molar-refractivity contribution in [3.8, 4) is 0 Å². The highest BCUT2D eigenvalue weighted by atomic mass is 19.4. The van der Waals surface area contributed by atoms with E-state index in [0.717, 1.165) is 0 Å². The summed E-state index contributed by atoms with van der Waals surface area (Å²) in [4.78, 5) is 12.8. The maximum Gasteiger partial charge on any atom is 0.403 e. The molecule has 0 saturated heterocycles. The Morgan fingerprint density at radius 2 is 1.64 bits per heavy atom. The van der Waals surface area contributed by atoms with Gasteiger partial charge in [0.25, 0.3) is 0 Å². The predicted octanol–water partition coefficient (Wildman–Crippen LogP) is 6.38. The van der Waals surface area contributed by atoms with Crippen molar-refractivity contribution in [2.24, 2.45) is 10.8 Å². The standard InChI is InChI=1S/C22H25F4NO/c1-4-21(22(24,25)26,19(28)27-18-11-6-5-7-12-18)15-20(2,3)14-16-9-8-10-17(23)13-16/h5-13H,4,14-15H2,1-3H3,(H,27,28). The lowest BCUT2D eigenvalue weighted by molar-refractivity contribution is -0.228. The predicted molar refractivity (Wildman–Crippen MR) is 102 cm³/mol. The molecule has 1 atom stereocenters. The summed E-state index contributed by atoms with van der Waals surface area (Å²) in [5.41, 5.74) is -2.51. The Hall–Kier alpha value is -2.37. The molecule has 2 aromatic rings. The first-order valence-corrected chi connectivity index (χ1v) is 9.17. The molecule has 0 aromatic heterocycles. The third-order valence-electron chi connectivity index (χ3n) is 4.96. The smallest absolute Gasteiger partial charge is 0.325 e. The van der Waals surface area contributed by atoms with Crippen LogP contribution < -0.4 is 5.32 Å². The van der Waals surface area contributed by atoms with E-state index in [0.29, 0.717) is 11.3 Å². The van der Waals surface area contributed by atoms with Crippen molar-refractivity contribution in [3.05, 3.63) is 66.0 Å². The quantitative estimate of drug-likeness (QED) is 0.541. The van der Waals surface area contributed by atoms with E-state index in [1.54, 1.807) is 50.2 Å². The van der Waals surface area contributed by atoms with Gasteiger partial charge in [0.05, 0.1) is 0 Å². The minimum absolute atomic E-state index is 0.223. The summed E-state index contributed by atoms with van der Waals surface area (Å²) in [5.74, 6) is -1.51. The molecule has 1 N–H and O–H groups in total. The maximum atomic E-state index is 14.1. The highest BCUT2D eigenvalue weighted by molar-refractivity contribution is 5.96. The van der Waals surface area contributed by atoms with E-state index < -0.39 is 35.2 Å². The molecule has 2 aromatic carbocycles. The van der Waals surface area contributed by atoms with Crippen LogP contribution in [0.3, 0.4) is 0 Å². The fourth-order valence-corrected chi connectivity index (χ4v) is 3.65. The molecule has 0 radical (unpaired) electrons. The first-order valence-electron chi connectivity index (χ1n) is 9.17. The van der Waals surface area contributed by atoms with Crippen LogP contribution >= 0.6 is 0 Å². The summed E-state index contributed by atoms with van der Waals surface area (Å²) in [6.45, 7) is 4.71. The second-order valence-electron chi connectivity index (χ2n) is 7.90. The van der Waals surface area contributed by atoms with E-state index in [-0.39, 0.29) is 12.8 Å². The molecule has 0 fully saturated rings. The summed E-state index contributed by atoms with van der Waals surface area (Å²) in [6, 6.07) is 13.9. The van der Waals surface area contributed by atoms with E-state index >= 15 is 0 Å². The molecule has 0 aliphatic carbocycles. The van der Waals surface area contributed by atoms with Crippen LogP contribution in [0.15, 0.2) is 54.6 Å². The van der Waals surface area contributed by atoms with Crippen LogP contribution in [-0.4, -0.2) is 12.1 Å². The van der Waals surface area contributed by atoms with Gasteiger partial charge in [0.15, 0.2) is 0 Å². The van der Waals surface area contributed by atoms with Gasteiger partial charge in [-0.05, 0) is 54.5 Å². The highest BCUT2D eigenvalue weighted by Crippen LogP contribution is 2.50. The molecule has 2 rings (SSSR count). The lowest BCUT2D eigenvalue weighted by Gasteiger charge is -2.40. The SMILES string of the molecule is CCC(CC(C)(C)Cc1cccc(F)c1)(C(=O)Nc1ccccc1)C(F)(F)F. The number of carbonyl (C=O) groups is 1. The fraction of sp³-hybridized carbons (Fsp3) is 0.409. The average molecular weight is 395 g/mol. The average Bonchev–Trinajstić information content (AvgIpc) is 2.59. The maximum absolute atomic E-state index is 14.1. The number of halogens is 4. The van der Waals surface area contributed by atoms with Crippen LogP contribution in [0.2, 0.25) is 0 Å². The first-order chi connectivity index (χ1) is 13.0. The molecular formula is C22H25F4NO. The van der Waals surface area contributed by atoms with Gasteiger partial charge in [-0.15, -0.1) is 0 Å². The normalized spacial score (nSPS) is 14.4. The zero-order valence-electron chi connectivity index (χ0n) is 16.2. The van der Waals surface area contributed by atoms with Crippen molar-refractivity contribution >= 4 is 11.6 Å². The van der Waals surface area contributed by atoms with Crippen molar-refractivity contribution in [3.63, 3.8) is 0 Å². The molecule has 0 saturated carbocycles. The van der Waals surface area contributed by atoms with Gasteiger partial charge in [-0.3, -0.25) is 4.79 Å². The summed E-state index contributed by atoms with van der Waals surface area (Å²) < 4.78 is 55.9. The number of hydrogen-bond acceptors (Lipinski definition) is 1. The lowest BCUT2D eigenvalue weighted by atomic mass is 9.68. The highest BCUT2D eigenvalue weighted by Gasteiger charge is 2.60. The first kappa shape index (κ1) is 21.9. The minimum atomic E-state index is -4.72. The summed E-state index contributed by atoms with van der Waals surface area (Å²) >= 11 is 0. The topological polar surface area (TPSA) is 29.1 Å². The van der Waals surface area contributed by atoms with Gasteiger partial charge in [-0.25, -0.2) is 4.39 Å². The Balaban J connectivity index is 2.32. The zero-order valence-corrected chi connectivity index (χ0v) is 16.2. The third-order valence-corrected chi connectivity index (χ3v) is 4.96. The van der Waals surface area contributed by atoms with E-state index in [9.17, 15) is 22.4 Å². The van der Waals surface area contributed by atoms with Crippen LogP contribution in [0.5, 0.6) is 0 Å². The molecule has 0 aliphatic rings. The molecule has 2 nitrogen and oxygen atoms in total. The fourth-order valence-electron chi connectivity index (χ4n) is 3.65. The van der Waals surface area contributed by atoms with E-state index in [1.807, 2.05) is 0 Å². The minimum Gasteiger partial charge on any atom is -0.325 e. The molecule has 6 heteroatoms. The van der Waals surface area contributed by atoms with Crippen LogP contribution in [0, 0.1) is 16.6 Å². The van der Waals surface area contributed by atoms with Crippen LogP contribution in [-0.2, 0) is 11.2 Å².